The maximum Gasteiger partial charge on any atom is 0.432 e. The summed E-state index contributed by atoms with van der Waals surface area (Å²) >= 11 is 10.8. The van der Waals surface area contributed by atoms with Crippen LogP contribution in [0.4, 0.5) is 19.0 Å². The Kier molecular flexibility index (Phi) is 5.17. The van der Waals surface area contributed by atoms with E-state index in [0.717, 1.165) is 4.57 Å². The molecule has 0 amide bonds. The number of carbonyl (C=O) groups excluding carboxylic acids is 1. The number of nitrogen functional groups attached to an aromatic ring is 1. The van der Waals surface area contributed by atoms with Crippen molar-refractivity contribution in [3.8, 4) is 5.69 Å². The number of hydrogen-bond donors (Lipinski definition) is 3. The van der Waals surface area contributed by atoms with Crippen molar-refractivity contribution in [3.63, 3.8) is 0 Å². The number of rotatable bonds is 3. The topological polar surface area (TPSA) is 110 Å². The van der Waals surface area contributed by atoms with Gasteiger partial charge in [0.2, 0.25) is 0 Å². The minimum absolute atomic E-state index is 0.104. The zero-order valence-electron chi connectivity index (χ0n) is 12.9. The first kappa shape index (κ1) is 19.9. The Labute approximate surface area is 153 Å². The van der Waals surface area contributed by atoms with Gasteiger partial charge in [0.1, 0.15) is 11.4 Å². The van der Waals surface area contributed by atoms with Crippen molar-refractivity contribution >= 4 is 35.6 Å². The second-order valence-corrected chi connectivity index (χ2v) is 5.86. The molecule has 2 aromatic rings. The van der Waals surface area contributed by atoms with Crippen LogP contribution in [0.5, 0.6) is 0 Å². The first-order valence-electron chi connectivity index (χ1n) is 6.74. The Bertz CT molecular complexity index is 989. The maximum atomic E-state index is 13.5. The van der Waals surface area contributed by atoms with E-state index in [2.05, 4.69) is 4.74 Å². The van der Waals surface area contributed by atoms with Crippen LogP contribution in [0, 0.1) is 4.77 Å². The van der Waals surface area contributed by atoms with Gasteiger partial charge in [0.15, 0.2) is 4.77 Å². The van der Waals surface area contributed by atoms with Gasteiger partial charge in [0, 0.05) is 5.02 Å². The molecule has 4 N–H and O–H groups in total. The van der Waals surface area contributed by atoms with Crippen molar-refractivity contribution < 1.29 is 27.8 Å². The van der Waals surface area contributed by atoms with Gasteiger partial charge in [0.25, 0.3) is 11.2 Å². The monoisotopic (exact) mass is 409 g/mol. The van der Waals surface area contributed by atoms with Crippen molar-refractivity contribution in [2.45, 2.75) is 11.8 Å². The molecule has 12 heteroatoms. The van der Waals surface area contributed by atoms with Gasteiger partial charge in [-0.2, -0.15) is 13.2 Å². The van der Waals surface area contributed by atoms with E-state index in [1.54, 1.807) is 0 Å². The minimum Gasteiger partial charge on any atom is -0.466 e. The number of nitrogens with one attached hydrogen (secondary N) is 1. The number of methoxy groups -OCH3 is 1. The van der Waals surface area contributed by atoms with Gasteiger partial charge in [-0.25, -0.2) is 4.79 Å². The Morgan fingerprint density at radius 1 is 1.42 bits per heavy atom. The van der Waals surface area contributed by atoms with Gasteiger partial charge in [-0.05, 0) is 30.4 Å². The summed E-state index contributed by atoms with van der Waals surface area (Å²) in [5.41, 5.74) is -1.45. The molecule has 0 aliphatic heterocycles. The van der Waals surface area contributed by atoms with E-state index in [1.807, 2.05) is 4.98 Å². The lowest BCUT2D eigenvalue weighted by molar-refractivity contribution is -0.267. The number of alkyl halides is 3. The number of anilines is 1. The minimum atomic E-state index is -5.60. The van der Waals surface area contributed by atoms with E-state index in [0.29, 0.717) is 7.11 Å². The maximum absolute atomic E-state index is 13.5. The van der Waals surface area contributed by atoms with E-state index in [9.17, 15) is 27.9 Å². The molecule has 1 atom stereocenters. The molecule has 2 rings (SSSR count). The number of ether oxygens (including phenoxy) is 1. The molecule has 1 aromatic heterocycles. The van der Waals surface area contributed by atoms with Crippen LogP contribution < -0.4 is 11.3 Å². The number of aromatic amines is 1. The Balaban J connectivity index is 2.95. The zero-order valence-corrected chi connectivity index (χ0v) is 14.5. The number of nitrogens with two attached hydrogens (primary N) is 1. The summed E-state index contributed by atoms with van der Waals surface area (Å²) in [6.07, 6.45) is -5.60. The van der Waals surface area contributed by atoms with Gasteiger partial charge < -0.3 is 15.6 Å². The van der Waals surface area contributed by atoms with E-state index in [4.69, 9.17) is 29.6 Å². The van der Waals surface area contributed by atoms with Crippen molar-refractivity contribution in [1.29, 1.82) is 0 Å². The molecule has 0 bridgehead atoms. The van der Waals surface area contributed by atoms with Crippen LogP contribution in [0.25, 0.3) is 5.69 Å². The third kappa shape index (κ3) is 3.08. The molecule has 140 valence electrons. The van der Waals surface area contributed by atoms with Crippen LogP contribution in [-0.2, 0) is 15.1 Å². The lowest BCUT2D eigenvalue weighted by Crippen LogP contribution is -2.53. The summed E-state index contributed by atoms with van der Waals surface area (Å²) in [6, 6.07) is 5.64. The van der Waals surface area contributed by atoms with E-state index in [1.165, 1.54) is 24.3 Å². The second kappa shape index (κ2) is 6.74. The van der Waals surface area contributed by atoms with E-state index in [-0.39, 0.29) is 15.5 Å². The normalized spacial score (nSPS) is 13.9. The number of halogens is 4. The predicted octanol–water partition coefficient (Wildman–Crippen LogP) is 2.05. The number of esters is 1. The van der Waals surface area contributed by atoms with Gasteiger partial charge in [-0.15, -0.1) is 0 Å². The third-order valence-corrected chi connectivity index (χ3v) is 3.99. The molecule has 0 radical (unpaired) electrons. The van der Waals surface area contributed by atoms with Crippen LogP contribution in [0.3, 0.4) is 0 Å². The van der Waals surface area contributed by atoms with Gasteiger partial charge in [-0.3, -0.25) is 14.3 Å². The lowest BCUT2D eigenvalue weighted by Gasteiger charge is -2.29. The molecule has 1 unspecified atom stereocenters. The molecule has 0 spiro atoms. The van der Waals surface area contributed by atoms with Crippen LogP contribution >= 0.6 is 23.8 Å². The highest BCUT2D eigenvalue weighted by atomic mass is 35.5. The highest BCUT2D eigenvalue weighted by Crippen LogP contribution is 2.41. The number of aromatic nitrogens is 2. The number of nitrogens with zero attached hydrogens (tertiary/aromatic N) is 1. The molecule has 0 aliphatic carbocycles. The Morgan fingerprint density at radius 3 is 2.54 bits per heavy atom. The zero-order chi connectivity index (χ0) is 19.9. The Hall–Kier alpha value is -2.37. The quantitative estimate of drug-likeness (QED) is 0.528. The van der Waals surface area contributed by atoms with Crippen molar-refractivity contribution in [2.24, 2.45) is 0 Å². The van der Waals surface area contributed by atoms with Crippen LogP contribution in [-0.4, -0.2) is 33.9 Å². The second-order valence-electron chi connectivity index (χ2n) is 5.03. The van der Waals surface area contributed by atoms with Gasteiger partial charge >= 0.3 is 12.1 Å². The summed E-state index contributed by atoms with van der Waals surface area (Å²) in [5.74, 6) is -3.02. The molecule has 7 nitrogen and oxygen atoms in total. The Morgan fingerprint density at radius 2 is 2.04 bits per heavy atom. The molecule has 0 saturated heterocycles. The number of aliphatic hydroxyl groups is 1. The van der Waals surface area contributed by atoms with E-state index < -0.39 is 34.7 Å². The summed E-state index contributed by atoms with van der Waals surface area (Å²) in [5, 5.41) is 10.3. The number of benzene rings is 1. The fourth-order valence-corrected chi connectivity index (χ4v) is 2.76. The summed E-state index contributed by atoms with van der Waals surface area (Å²) in [4.78, 5) is 25.8. The third-order valence-electron chi connectivity index (χ3n) is 3.47. The molecule has 1 aromatic carbocycles. The molecule has 1 heterocycles. The number of hydrogen-bond acceptors (Lipinski definition) is 6. The smallest absolute Gasteiger partial charge is 0.432 e. The lowest BCUT2D eigenvalue weighted by atomic mass is 9.94. The molecular formula is C14H11ClF3N3O4S. The summed E-state index contributed by atoms with van der Waals surface area (Å²) < 4.78 is 44.9. The van der Waals surface area contributed by atoms with Crippen molar-refractivity contribution in [2.75, 3.05) is 12.8 Å². The largest absolute Gasteiger partial charge is 0.466 e. The standard InChI is InChI=1S/C14H11ClF3N3O4S/c1-25-11(23)13(24,14(16,17)18)8-9(19)21(12(26)20-10(8)22)7-4-2-3-6(15)5-7/h2-5,24H,19H2,1H3,(H,20,22,26). The van der Waals surface area contributed by atoms with Crippen LogP contribution in [0.1, 0.15) is 5.56 Å². The predicted molar refractivity (Wildman–Crippen MR) is 88.6 cm³/mol. The highest BCUT2D eigenvalue weighted by Gasteiger charge is 2.64. The fraction of sp³-hybridized carbons (Fsp3) is 0.214. The SMILES string of the molecule is COC(=O)C(O)(c1c(N)n(-c2cccc(Cl)c2)c(=S)[nH]c1=O)C(F)(F)F. The van der Waals surface area contributed by atoms with Gasteiger partial charge in [0.05, 0.1) is 12.8 Å². The average molecular weight is 410 g/mol. The number of carbonyl (C=O) groups is 1. The molecule has 26 heavy (non-hydrogen) atoms. The van der Waals surface area contributed by atoms with Crippen LogP contribution in [0.2, 0.25) is 5.02 Å². The van der Waals surface area contributed by atoms with Crippen LogP contribution in [0.15, 0.2) is 29.1 Å². The molecule has 0 fully saturated rings. The van der Waals surface area contributed by atoms with E-state index >= 15 is 0 Å². The first-order valence-corrected chi connectivity index (χ1v) is 7.52. The fourth-order valence-electron chi connectivity index (χ4n) is 2.28. The number of H-pyrrole nitrogens is 1. The highest BCUT2D eigenvalue weighted by molar-refractivity contribution is 7.71. The summed E-state index contributed by atoms with van der Waals surface area (Å²) in [7, 11) is 0.621. The summed E-state index contributed by atoms with van der Waals surface area (Å²) in [6.45, 7) is 0. The van der Waals surface area contributed by atoms with Gasteiger partial charge in [-0.1, -0.05) is 17.7 Å². The average Bonchev–Trinajstić information content (AvgIpc) is 2.52. The molecular weight excluding hydrogens is 399 g/mol. The first-order chi connectivity index (χ1) is 11.9. The molecule has 0 aliphatic rings. The van der Waals surface area contributed by atoms with Crippen molar-refractivity contribution in [1.82, 2.24) is 9.55 Å². The molecule has 0 saturated carbocycles. The van der Waals surface area contributed by atoms with Crippen molar-refractivity contribution in [3.05, 3.63) is 50.0 Å².